The first-order valence-corrected chi connectivity index (χ1v) is 9.50. The lowest BCUT2D eigenvalue weighted by atomic mass is 10.1. The molecule has 154 valence electrons. The molecule has 9 heteroatoms. The number of halogens is 1. The van der Waals surface area contributed by atoms with Gasteiger partial charge in [-0.25, -0.2) is 23.1 Å². The molecular weight excluding hydrogens is 404 g/mol. The maximum absolute atomic E-state index is 9.56. The van der Waals surface area contributed by atoms with Gasteiger partial charge in [-0.2, -0.15) is 0 Å². The van der Waals surface area contributed by atoms with Gasteiger partial charge in [-0.15, -0.1) is 10.2 Å². The molecule has 0 bridgehead atoms. The van der Waals surface area contributed by atoms with Crippen LogP contribution in [-0.4, -0.2) is 21.8 Å². The lowest BCUT2D eigenvalue weighted by Crippen LogP contribution is -2.68. The molecule has 1 heterocycles. The van der Waals surface area contributed by atoms with Gasteiger partial charge >= 0.3 is 11.6 Å². The zero-order valence-corrected chi connectivity index (χ0v) is 16.3. The van der Waals surface area contributed by atoms with Crippen LogP contribution in [0.25, 0.3) is 6.08 Å². The first-order chi connectivity index (χ1) is 13.4. The first-order valence-electron chi connectivity index (χ1n) is 8.27. The minimum atomic E-state index is -4.94. The van der Waals surface area contributed by atoms with E-state index in [1.807, 2.05) is 50.3 Å². The molecule has 29 heavy (non-hydrogen) atoms. The number of hydrogen-bond acceptors (Lipinski definition) is 7. The minimum Gasteiger partial charge on any atom is -0.504 e. The number of hydrogen-bond donors (Lipinski definition) is 2. The fourth-order valence-corrected chi connectivity index (χ4v) is 2.41. The van der Waals surface area contributed by atoms with Crippen LogP contribution in [0.2, 0.25) is 0 Å². The lowest BCUT2D eigenvalue weighted by molar-refractivity contribution is -2.00. The molecule has 2 aromatic carbocycles. The van der Waals surface area contributed by atoms with E-state index in [1.54, 1.807) is 18.2 Å². The number of carbonyl (C=O) groups excluding carboxylic acids is 1. The number of ether oxygens (including phenoxy) is 1. The van der Waals surface area contributed by atoms with E-state index in [2.05, 4.69) is 0 Å². The van der Waals surface area contributed by atoms with Gasteiger partial charge < -0.3 is 14.9 Å². The van der Waals surface area contributed by atoms with Crippen LogP contribution >= 0.6 is 0 Å². The minimum absolute atomic E-state index is 0.144. The van der Waals surface area contributed by atoms with E-state index in [1.165, 1.54) is 12.1 Å². The van der Waals surface area contributed by atoms with Gasteiger partial charge in [0, 0.05) is 0 Å². The van der Waals surface area contributed by atoms with Crippen molar-refractivity contribution in [3.05, 3.63) is 77.6 Å². The first kappa shape index (κ1) is 22.4. The maximum atomic E-state index is 9.56. The molecule has 2 aromatic rings. The van der Waals surface area contributed by atoms with Crippen molar-refractivity contribution in [3.8, 4) is 11.5 Å². The molecule has 3 rings (SSSR count). The molecule has 0 saturated heterocycles. The van der Waals surface area contributed by atoms with Crippen molar-refractivity contribution >= 4 is 11.9 Å². The molecule has 0 saturated carbocycles. The third-order valence-electron chi connectivity index (χ3n) is 3.49. The summed E-state index contributed by atoms with van der Waals surface area (Å²) in [5.41, 5.74) is 1.72. The standard InChI is InChI=1S/C20H18O4.ClHO4/c1-20(2)23-16(10-8-14-9-11-17(21)18(22)12-14)13-19(24-20)15-6-4-3-5-7-15;2-1(3,4)5/h3-13H,1-2H3,(H-,21,22);(H,2,3,4,5)/b10-8+;. The Hall–Kier alpha value is -2.88. The fourth-order valence-electron chi connectivity index (χ4n) is 2.41. The van der Waals surface area contributed by atoms with Gasteiger partial charge in [-0.1, -0.05) is 30.3 Å². The van der Waals surface area contributed by atoms with E-state index in [-0.39, 0.29) is 11.5 Å². The number of allylic oxidation sites excluding steroid dienone is 2. The molecule has 0 fully saturated rings. The number of phenols is 2. The van der Waals surface area contributed by atoms with E-state index < -0.39 is 16.0 Å². The van der Waals surface area contributed by atoms with E-state index in [0.29, 0.717) is 5.76 Å². The molecule has 0 amide bonds. The van der Waals surface area contributed by atoms with Crippen molar-refractivity contribution in [2.45, 2.75) is 19.6 Å². The predicted molar refractivity (Wildman–Crippen MR) is 92.8 cm³/mol. The third-order valence-corrected chi connectivity index (χ3v) is 3.49. The second-order valence-electron chi connectivity index (χ2n) is 6.34. The fraction of sp³-hybridized carbons (Fsp3) is 0.150. The van der Waals surface area contributed by atoms with Gasteiger partial charge in [0.25, 0.3) is 0 Å². The Balaban J connectivity index is 0.000000537. The Bertz CT molecular complexity index is 921. The van der Waals surface area contributed by atoms with Gasteiger partial charge in [-0.3, -0.25) is 0 Å². The number of benzene rings is 2. The summed E-state index contributed by atoms with van der Waals surface area (Å²) in [5.74, 6) is 0.305. The van der Waals surface area contributed by atoms with E-state index >= 15 is 0 Å². The Morgan fingerprint density at radius 2 is 1.55 bits per heavy atom. The zero-order chi connectivity index (χ0) is 21.7. The highest BCUT2D eigenvalue weighted by atomic mass is 35.7. The van der Waals surface area contributed by atoms with E-state index in [4.69, 9.17) is 27.8 Å². The Labute approximate surface area is 169 Å². The van der Waals surface area contributed by atoms with Crippen LogP contribution in [-0.2, 0) is 4.74 Å². The molecule has 0 aliphatic carbocycles. The molecule has 2 N–H and O–H groups in total. The van der Waals surface area contributed by atoms with Gasteiger partial charge in [0.05, 0.1) is 25.5 Å². The molecule has 0 atom stereocenters. The van der Waals surface area contributed by atoms with Crippen LogP contribution in [0.4, 0.5) is 0 Å². The summed E-state index contributed by atoms with van der Waals surface area (Å²) in [5, 5.41) is 18.9. The van der Waals surface area contributed by atoms with Crippen molar-refractivity contribution in [1.29, 1.82) is 0 Å². The number of aromatic hydroxyl groups is 2. The summed E-state index contributed by atoms with van der Waals surface area (Å²) in [6.07, 6.45) is 5.44. The summed E-state index contributed by atoms with van der Waals surface area (Å²) < 4.78 is 45.7. The highest BCUT2D eigenvalue weighted by Crippen LogP contribution is 2.27. The van der Waals surface area contributed by atoms with Crippen molar-refractivity contribution in [2.24, 2.45) is 0 Å². The monoisotopic (exact) mass is 422 g/mol. The zero-order valence-electron chi connectivity index (χ0n) is 15.6. The molecule has 1 aliphatic heterocycles. The van der Waals surface area contributed by atoms with Crippen LogP contribution in [0.15, 0.2) is 66.4 Å². The van der Waals surface area contributed by atoms with Crippen LogP contribution in [0.1, 0.15) is 29.4 Å². The smallest absolute Gasteiger partial charge is 0.424 e. The molecule has 8 nitrogen and oxygen atoms in total. The third kappa shape index (κ3) is 7.94. The van der Waals surface area contributed by atoms with Crippen molar-refractivity contribution < 1.29 is 48.3 Å². The van der Waals surface area contributed by atoms with Gasteiger partial charge in [0.1, 0.15) is 5.76 Å². The van der Waals surface area contributed by atoms with Crippen LogP contribution in [0, 0.1) is 10.2 Å². The SMILES string of the molecule is CC1(C)OC(/C=C/c2ccc(O)c(O)c2)=CC(c2ccccc2)=[O+]1.[O-][Cl+3]([O-])([O-])[O-]. The van der Waals surface area contributed by atoms with Crippen molar-refractivity contribution in [3.63, 3.8) is 0 Å². The molecule has 0 unspecified atom stereocenters. The summed E-state index contributed by atoms with van der Waals surface area (Å²) in [6.45, 7) is 3.70. The lowest BCUT2D eigenvalue weighted by Gasteiger charge is -2.17. The average molecular weight is 423 g/mol. The molecule has 0 aromatic heterocycles. The topological polar surface area (TPSA) is 153 Å². The van der Waals surface area contributed by atoms with Crippen LogP contribution in [0.5, 0.6) is 11.5 Å². The Morgan fingerprint density at radius 3 is 2.14 bits per heavy atom. The van der Waals surface area contributed by atoms with Crippen molar-refractivity contribution in [1.82, 2.24) is 0 Å². The molecule has 1 aliphatic rings. The quantitative estimate of drug-likeness (QED) is 0.495. The van der Waals surface area contributed by atoms with Gasteiger partial charge in [-0.05, 0) is 35.9 Å². The molecular formula is C20H19ClO8. The van der Waals surface area contributed by atoms with Gasteiger partial charge in [0.15, 0.2) is 11.5 Å². The van der Waals surface area contributed by atoms with Crippen molar-refractivity contribution in [2.75, 3.05) is 0 Å². The normalized spacial score (nSPS) is 15.7. The Kier molecular flexibility index (Phi) is 7.02. The maximum Gasteiger partial charge on any atom is 0.424 e. The molecule has 0 spiro atoms. The van der Waals surface area contributed by atoms with Crippen LogP contribution in [0.3, 0.4) is 0 Å². The largest absolute Gasteiger partial charge is 0.504 e. The number of rotatable bonds is 3. The Morgan fingerprint density at radius 1 is 0.931 bits per heavy atom. The van der Waals surface area contributed by atoms with E-state index in [0.717, 1.165) is 16.9 Å². The summed E-state index contributed by atoms with van der Waals surface area (Å²) >= 11 is 0. The second-order valence-corrected chi connectivity index (χ2v) is 7.10. The highest BCUT2D eigenvalue weighted by molar-refractivity contribution is 6.05. The van der Waals surface area contributed by atoms with Crippen LogP contribution < -0.4 is 18.6 Å². The number of phenolic OH excluding ortho intramolecular Hbond substituents is 2. The molecule has 0 radical (unpaired) electrons. The second kappa shape index (κ2) is 9.08. The average Bonchev–Trinajstić information content (AvgIpc) is 2.61. The van der Waals surface area contributed by atoms with E-state index in [9.17, 15) is 10.2 Å². The highest BCUT2D eigenvalue weighted by Gasteiger charge is 2.37. The summed E-state index contributed by atoms with van der Waals surface area (Å²) in [6, 6.07) is 14.5. The summed E-state index contributed by atoms with van der Waals surface area (Å²) in [4.78, 5) is 0. The predicted octanol–water partition coefficient (Wildman–Crippen LogP) is -0.576. The number of ketones is 1. The summed E-state index contributed by atoms with van der Waals surface area (Å²) in [7, 11) is -4.94. The van der Waals surface area contributed by atoms with Gasteiger partial charge in [0.2, 0.25) is 0 Å².